The second-order valence-electron chi connectivity index (χ2n) is 8.47. The van der Waals surface area contributed by atoms with Gasteiger partial charge in [0, 0.05) is 10.0 Å². The summed E-state index contributed by atoms with van der Waals surface area (Å²) in [6, 6.07) is 1.70. The van der Waals surface area contributed by atoms with Crippen LogP contribution in [0, 0.1) is 6.92 Å². The molecule has 210 valence electrons. The quantitative estimate of drug-likeness (QED) is 0.0836. The zero-order valence-corrected chi connectivity index (χ0v) is 30.1. The second kappa shape index (κ2) is 17.3. The molecule has 0 fully saturated rings. The zero-order chi connectivity index (χ0) is 27.4. The first-order chi connectivity index (χ1) is 16.9. The van der Waals surface area contributed by atoms with Crippen LogP contribution in [0.25, 0.3) is 0 Å². The molecule has 0 saturated carbocycles. The SMILES string of the molecule is CCCCOP(=O)(OCCCC)c1cc(C(Br)(Br)Br)c(Br)c(C)c1P(=O)(OCCCC)OCCCC. The lowest BCUT2D eigenvalue weighted by Crippen LogP contribution is -2.33. The summed E-state index contributed by atoms with van der Waals surface area (Å²) in [6.45, 7) is 11.0. The minimum Gasteiger partial charge on any atom is -0.305 e. The van der Waals surface area contributed by atoms with Gasteiger partial charge in [-0.3, -0.25) is 9.13 Å². The van der Waals surface area contributed by atoms with E-state index in [0.29, 0.717) is 15.6 Å². The fourth-order valence-corrected chi connectivity index (χ4v) is 10.2. The fourth-order valence-electron chi connectivity index (χ4n) is 3.19. The van der Waals surface area contributed by atoms with Crippen LogP contribution >= 0.6 is 78.9 Å². The van der Waals surface area contributed by atoms with E-state index in [4.69, 9.17) is 18.1 Å². The Balaban J connectivity index is 3.92. The Hall–Kier alpha value is 1.44. The molecular weight excluding hydrogens is 766 g/mol. The van der Waals surface area contributed by atoms with Gasteiger partial charge in [-0.05, 0) is 44.2 Å². The number of hydrogen-bond donors (Lipinski definition) is 0. The van der Waals surface area contributed by atoms with Gasteiger partial charge in [-0.25, -0.2) is 0 Å². The van der Waals surface area contributed by atoms with E-state index in [9.17, 15) is 9.13 Å². The van der Waals surface area contributed by atoms with Gasteiger partial charge in [0.2, 0.25) is 0 Å². The van der Waals surface area contributed by atoms with Crippen molar-refractivity contribution in [3.05, 3.63) is 21.7 Å². The molecule has 0 aliphatic heterocycles. The van der Waals surface area contributed by atoms with Gasteiger partial charge in [-0.1, -0.05) is 117 Å². The average molecular weight is 806 g/mol. The maximum absolute atomic E-state index is 14.5. The van der Waals surface area contributed by atoms with Crippen molar-refractivity contribution in [2.24, 2.45) is 0 Å². The molecule has 1 rings (SSSR count). The highest BCUT2D eigenvalue weighted by Gasteiger charge is 2.43. The summed E-state index contributed by atoms with van der Waals surface area (Å²) in [7, 11) is -7.79. The third-order valence-electron chi connectivity index (χ3n) is 5.36. The van der Waals surface area contributed by atoms with Crippen molar-refractivity contribution in [1.29, 1.82) is 0 Å². The molecule has 0 radical (unpaired) electrons. The summed E-state index contributed by atoms with van der Waals surface area (Å²) in [4.78, 5) is 0. The lowest BCUT2D eigenvalue weighted by atomic mass is 10.1. The van der Waals surface area contributed by atoms with E-state index in [1.807, 2.05) is 34.6 Å². The van der Waals surface area contributed by atoms with Crippen LogP contribution in [0.3, 0.4) is 0 Å². The van der Waals surface area contributed by atoms with E-state index in [0.717, 1.165) is 51.4 Å². The minimum absolute atomic E-state index is 0.212. The Morgan fingerprint density at radius 2 is 1.08 bits per heavy atom. The number of rotatable bonds is 18. The normalized spacial score (nSPS) is 12.9. The number of hydrogen-bond acceptors (Lipinski definition) is 6. The summed E-state index contributed by atoms with van der Waals surface area (Å²) in [6.07, 6.45) is 6.38. The first kappa shape index (κ1) is 35.5. The van der Waals surface area contributed by atoms with E-state index in [1.54, 1.807) is 6.07 Å². The molecule has 1 aromatic rings. The van der Waals surface area contributed by atoms with Crippen molar-refractivity contribution in [2.45, 2.75) is 88.1 Å². The van der Waals surface area contributed by atoms with Crippen LogP contribution in [-0.4, -0.2) is 26.4 Å². The largest absolute Gasteiger partial charge is 0.362 e. The van der Waals surface area contributed by atoms with Crippen LogP contribution in [0.4, 0.5) is 0 Å². The molecule has 0 bridgehead atoms. The molecule has 0 aliphatic carbocycles. The highest BCUT2D eigenvalue weighted by atomic mass is 80.0. The standard InChI is InChI=1S/C24H40Br4O6P2/c1-6-10-14-31-35(29,32-15-11-7-2)21-18-20(24(26,27)28)22(25)19(5)23(21)36(30,33-16-12-8-3)34-17-13-9-4/h18H,6-17H2,1-5H3. The van der Waals surface area contributed by atoms with Gasteiger partial charge in [0.1, 0.15) is 0 Å². The summed E-state index contributed by atoms with van der Waals surface area (Å²) in [5, 5.41) is 0.461. The van der Waals surface area contributed by atoms with Gasteiger partial charge >= 0.3 is 15.2 Å². The molecule has 0 aliphatic rings. The first-order valence-electron chi connectivity index (χ1n) is 12.6. The third kappa shape index (κ3) is 10.4. The Bertz CT molecular complexity index is 880. The van der Waals surface area contributed by atoms with Crippen LogP contribution in [0.2, 0.25) is 0 Å². The van der Waals surface area contributed by atoms with Gasteiger partial charge < -0.3 is 18.1 Å². The zero-order valence-electron chi connectivity index (χ0n) is 21.9. The van der Waals surface area contributed by atoms with E-state index >= 15 is 0 Å². The minimum atomic E-state index is -3.90. The van der Waals surface area contributed by atoms with Crippen LogP contribution in [0.15, 0.2) is 10.5 Å². The summed E-state index contributed by atoms with van der Waals surface area (Å²) < 4.78 is 52.8. The lowest BCUT2D eigenvalue weighted by Gasteiger charge is -2.29. The Labute approximate surface area is 251 Å². The molecule has 0 amide bonds. The van der Waals surface area contributed by atoms with E-state index < -0.39 is 17.3 Å². The van der Waals surface area contributed by atoms with E-state index in [1.165, 1.54) is 0 Å². The molecule has 0 spiro atoms. The fraction of sp³-hybridized carbons (Fsp3) is 0.750. The molecule has 36 heavy (non-hydrogen) atoms. The van der Waals surface area contributed by atoms with Crippen LogP contribution in [-0.2, 0) is 29.4 Å². The van der Waals surface area contributed by atoms with Crippen molar-refractivity contribution in [1.82, 2.24) is 0 Å². The van der Waals surface area contributed by atoms with Gasteiger partial charge in [0.05, 0.1) is 37.0 Å². The molecule has 1 aromatic carbocycles. The van der Waals surface area contributed by atoms with Crippen molar-refractivity contribution in [3.8, 4) is 0 Å². The average Bonchev–Trinajstić information content (AvgIpc) is 2.80. The van der Waals surface area contributed by atoms with Crippen molar-refractivity contribution in [3.63, 3.8) is 0 Å². The van der Waals surface area contributed by atoms with Crippen LogP contribution < -0.4 is 10.6 Å². The van der Waals surface area contributed by atoms with E-state index in [2.05, 4.69) is 63.7 Å². The summed E-state index contributed by atoms with van der Waals surface area (Å²) >= 11 is 14.4. The molecule has 6 nitrogen and oxygen atoms in total. The van der Waals surface area contributed by atoms with Crippen LogP contribution in [0.5, 0.6) is 0 Å². The smallest absolute Gasteiger partial charge is 0.305 e. The van der Waals surface area contributed by atoms with Gasteiger partial charge in [0.15, 0.2) is 2.14 Å². The lowest BCUT2D eigenvalue weighted by molar-refractivity contribution is 0.205. The molecule has 0 atom stereocenters. The molecule has 0 heterocycles. The first-order valence-corrected chi connectivity index (χ1v) is 18.9. The predicted molar refractivity (Wildman–Crippen MR) is 165 cm³/mol. The number of alkyl halides is 3. The highest BCUT2D eigenvalue weighted by Crippen LogP contribution is 2.57. The maximum atomic E-state index is 14.5. The Morgan fingerprint density at radius 3 is 1.42 bits per heavy atom. The Kier molecular flexibility index (Phi) is 17.0. The number of halogens is 4. The monoisotopic (exact) mass is 802 g/mol. The predicted octanol–water partition coefficient (Wildman–Crippen LogP) is 9.96. The molecule has 0 saturated heterocycles. The van der Waals surface area contributed by atoms with Gasteiger partial charge in [-0.15, -0.1) is 0 Å². The molecule has 12 heteroatoms. The van der Waals surface area contributed by atoms with Crippen molar-refractivity contribution in [2.75, 3.05) is 26.4 Å². The second-order valence-corrected chi connectivity index (χ2v) is 20.0. The van der Waals surface area contributed by atoms with Crippen molar-refractivity contribution >= 4 is 89.5 Å². The summed E-state index contributed by atoms with van der Waals surface area (Å²) in [5.74, 6) is 0. The van der Waals surface area contributed by atoms with Gasteiger partial charge in [0.25, 0.3) is 0 Å². The number of unbranched alkanes of at least 4 members (excludes halogenated alkanes) is 4. The number of benzene rings is 1. The molecule has 0 N–H and O–H groups in total. The molecule has 0 aromatic heterocycles. The third-order valence-corrected chi connectivity index (χ3v) is 12.0. The Morgan fingerprint density at radius 1 is 0.722 bits per heavy atom. The van der Waals surface area contributed by atoms with Gasteiger partial charge in [-0.2, -0.15) is 0 Å². The molecule has 0 unspecified atom stereocenters. The topological polar surface area (TPSA) is 71.1 Å². The van der Waals surface area contributed by atoms with Crippen LogP contribution in [0.1, 0.15) is 90.2 Å². The highest BCUT2D eigenvalue weighted by molar-refractivity contribution is 9.38. The molecular formula is C24H40Br4O6P2. The summed E-state index contributed by atoms with van der Waals surface area (Å²) in [5.41, 5.74) is 1.28. The van der Waals surface area contributed by atoms with E-state index in [-0.39, 0.29) is 37.0 Å². The van der Waals surface area contributed by atoms with Crippen molar-refractivity contribution < 1.29 is 27.2 Å². The maximum Gasteiger partial charge on any atom is 0.362 e.